The second kappa shape index (κ2) is 5.48. The van der Waals surface area contributed by atoms with E-state index in [1.54, 1.807) is 17.5 Å². The maximum absolute atomic E-state index is 6.11. The number of pyridine rings is 1. The fourth-order valence-electron chi connectivity index (χ4n) is 3.17. The van der Waals surface area contributed by atoms with Crippen LogP contribution in [-0.2, 0) is 4.74 Å². The summed E-state index contributed by atoms with van der Waals surface area (Å²) in [6.07, 6.45) is 3.73. The zero-order valence-electron chi connectivity index (χ0n) is 12.4. The predicted octanol–water partition coefficient (Wildman–Crippen LogP) is 2.06. The Kier molecular flexibility index (Phi) is 3.46. The van der Waals surface area contributed by atoms with Gasteiger partial charge in [0.25, 0.3) is 0 Å². The third-order valence-corrected chi connectivity index (χ3v) is 5.10. The van der Waals surface area contributed by atoms with Gasteiger partial charge in [-0.1, -0.05) is 17.4 Å². The van der Waals surface area contributed by atoms with E-state index in [1.165, 1.54) is 0 Å². The maximum atomic E-state index is 6.11. The second-order valence-electron chi connectivity index (χ2n) is 5.88. The summed E-state index contributed by atoms with van der Waals surface area (Å²) in [6.45, 7) is 4.43. The number of aryl methyl sites for hydroxylation is 1. The van der Waals surface area contributed by atoms with Gasteiger partial charge >= 0.3 is 0 Å². The first-order valence-corrected chi connectivity index (χ1v) is 8.31. The van der Waals surface area contributed by atoms with Crippen molar-refractivity contribution in [2.24, 2.45) is 0 Å². The molecule has 2 aromatic rings. The summed E-state index contributed by atoms with van der Waals surface area (Å²) in [5.41, 5.74) is -0.112. The Morgan fingerprint density at radius 1 is 1.41 bits per heavy atom. The minimum Gasteiger partial charge on any atom is -0.472 e. The lowest BCUT2D eigenvalue weighted by Gasteiger charge is -2.22. The molecule has 0 N–H and O–H groups in total. The molecule has 0 aliphatic carbocycles. The fourth-order valence-corrected chi connectivity index (χ4v) is 3.88. The lowest BCUT2D eigenvalue weighted by atomic mass is 9.98. The van der Waals surface area contributed by atoms with E-state index in [1.807, 2.05) is 25.1 Å². The third kappa shape index (κ3) is 2.66. The topological polar surface area (TPSA) is 60.4 Å². The normalized spacial score (nSPS) is 27.7. The standard InChI is InChI=1S/C15H18N4O2S/c1-11-17-18-14(22-11)19-7-5-15(10-19)8-12(9-20-15)21-13-4-2-3-6-16-13/h2-4,6,12H,5,7-10H2,1H3/t12-,15-/m0/s1. The van der Waals surface area contributed by atoms with Crippen LogP contribution in [-0.4, -0.2) is 46.6 Å². The molecule has 0 bridgehead atoms. The summed E-state index contributed by atoms with van der Waals surface area (Å²) < 4.78 is 12.0. The lowest BCUT2D eigenvalue weighted by molar-refractivity contribution is 0.0194. The highest BCUT2D eigenvalue weighted by Crippen LogP contribution is 2.38. The molecular weight excluding hydrogens is 300 g/mol. The second-order valence-corrected chi connectivity index (χ2v) is 7.04. The predicted molar refractivity (Wildman–Crippen MR) is 83.4 cm³/mol. The lowest BCUT2D eigenvalue weighted by Crippen LogP contribution is -2.33. The zero-order valence-corrected chi connectivity index (χ0v) is 13.3. The molecule has 2 atom stereocenters. The molecule has 2 aliphatic heterocycles. The Morgan fingerprint density at radius 2 is 2.36 bits per heavy atom. The van der Waals surface area contributed by atoms with Gasteiger partial charge in [-0.3, -0.25) is 0 Å². The summed E-state index contributed by atoms with van der Waals surface area (Å²) in [5, 5.41) is 10.3. The number of rotatable bonds is 3. The molecule has 4 heterocycles. The van der Waals surface area contributed by atoms with Gasteiger partial charge in [0.15, 0.2) is 0 Å². The molecule has 2 fully saturated rings. The smallest absolute Gasteiger partial charge is 0.213 e. The van der Waals surface area contributed by atoms with E-state index in [0.717, 1.165) is 36.1 Å². The van der Waals surface area contributed by atoms with Crippen molar-refractivity contribution in [1.29, 1.82) is 0 Å². The van der Waals surface area contributed by atoms with Gasteiger partial charge in [-0.15, -0.1) is 10.2 Å². The summed E-state index contributed by atoms with van der Waals surface area (Å²) in [4.78, 5) is 6.49. The van der Waals surface area contributed by atoms with Crippen molar-refractivity contribution in [2.75, 3.05) is 24.6 Å². The molecule has 4 rings (SSSR count). The first kappa shape index (κ1) is 13.9. The van der Waals surface area contributed by atoms with Gasteiger partial charge in [0, 0.05) is 31.8 Å². The molecule has 116 valence electrons. The minimum atomic E-state index is -0.112. The van der Waals surface area contributed by atoms with Crippen LogP contribution >= 0.6 is 11.3 Å². The monoisotopic (exact) mass is 318 g/mol. The van der Waals surface area contributed by atoms with Crippen LogP contribution in [0, 0.1) is 6.92 Å². The first-order chi connectivity index (χ1) is 10.7. The van der Waals surface area contributed by atoms with E-state index in [2.05, 4.69) is 20.1 Å². The minimum absolute atomic E-state index is 0.0750. The third-order valence-electron chi connectivity index (χ3n) is 4.20. The van der Waals surface area contributed by atoms with E-state index in [-0.39, 0.29) is 11.7 Å². The number of anilines is 1. The Morgan fingerprint density at radius 3 is 3.14 bits per heavy atom. The van der Waals surface area contributed by atoms with Gasteiger partial charge in [0.1, 0.15) is 11.1 Å². The van der Waals surface area contributed by atoms with Crippen LogP contribution in [0.1, 0.15) is 17.8 Å². The van der Waals surface area contributed by atoms with Crippen LogP contribution in [0.5, 0.6) is 5.88 Å². The highest BCUT2D eigenvalue weighted by molar-refractivity contribution is 7.15. The van der Waals surface area contributed by atoms with E-state index >= 15 is 0 Å². The molecule has 2 aromatic heterocycles. The molecule has 22 heavy (non-hydrogen) atoms. The van der Waals surface area contributed by atoms with Crippen LogP contribution in [0.25, 0.3) is 0 Å². The largest absolute Gasteiger partial charge is 0.472 e. The van der Waals surface area contributed by atoms with Crippen molar-refractivity contribution in [1.82, 2.24) is 15.2 Å². The Balaban J connectivity index is 1.40. The molecule has 0 unspecified atom stereocenters. The quantitative estimate of drug-likeness (QED) is 0.863. The van der Waals surface area contributed by atoms with Gasteiger partial charge in [-0.05, 0) is 19.4 Å². The molecule has 0 aromatic carbocycles. The van der Waals surface area contributed by atoms with Crippen molar-refractivity contribution in [2.45, 2.75) is 31.5 Å². The average Bonchev–Trinajstić information content (AvgIpc) is 3.23. The summed E-state index contributed by atoms with van der Waals surface area (Å²) in [6, 6.07) is 5.71. The highest BCUT2D eigenvalue weighted by atomic mass is 32.1. The SMILES string of the molecule is Cc1nnc(N2CC[C@]3(C[C@H](Oc4ccccn4)CO3)C2)s1. The van der Waals surface area contributed by atoms with Crippen LogP contribution in [0.2, 0.25) is 0 Å². The Bertz CT molecular complexity index is 650. The van der Waals surface area contributed by atoms with Crippen molar-refractivity contribution in [3.63, 3.8) is 0 Å². The van der Waals surface area contributed by atoms with Gasteiger partial charge in [-0.2, -0.15) is 0 Å². The Labute approximate surface area is 133 Å². The van der Waals surface area contributed by atoms with Crippen LogP contribution in [0.15, 0.2) is 24.4 Å². The van der Waals surface area contributed by atoms with Crippen molar-refractivity contribution < 1.29 is 9.47 Å². The number of hydrogen-bond acceptors (Lipinski definition) is 7. The van der Waals surface area contributed by atoms with Crippen molar-refractivity contribution >= 4 is 16.5 Å². The van der Waals surface area contributed by atoms with Crippen molar-refractivity contribution in [3.05, 3.63) is 29.4 Å². The summed E-state index contributed by atoms with van der Waals surface area (Å²) in [5.74, 6) is 0.669. The number of nitrogens with zero attached hydrogens (tertiary/aromatic N) is 4. The van der Waals surface area contributed by atoms with E-state index in [0.29, 0.717) is 12.5 Å². The van der Waals surface area contributed by atoms with Gasteiger partial charge in [-0.25, -0.2) is 4.98 Å². The molecular formula is C15H18N4O2S. The zero-order chi connectivity index (χ0) is 15.0. The fraction of sp³-hybridized carbons (Fsp3) is 0.533. The molecule has 0 saturated carbocycles. The molecule has 6 nitrogen and oxygen atoms in total. The molecule has 2 saturated heterocycles. The average molecular weight is 318 g/mol. The van der Waals surface area contributed by atoms with Gasteiger partial charge in [0.2, 0.25) is 11.0 Å². The van der Waals surface area contributed by atoms with Gasteiger partial charge in [0.05, 0.1) is 12.2 Å². The summed E-state index contributed by atoms with van der Waals surface area (Å²) >= 11 is 1.64. The summed E-state index contributed by atoms with van der Waals surface area (Å²) in [7, 11) is 0. The molecule has 2 aliphatic rings. The Hall–Kier alpha value is -1.73. The van der Waals surface area contributed by atoms with Crippen molar-refractivity contribution in [3.8, 4) is 5.88 Å². The number of aromatic nitrogens is 3. The van der Waals surface area contributed by atoms with E-state index < -0.39 is 0 Å². The van der Waals surface area contributed by atoms with Crippen LogP contribution < -0.4 is 9.64 Å². The number of ether oxygens (including phenoxy) is 2. The first-order valence-electron chi connectivity index (χ1n) is 7.49. The molecule has 1 spiro atoms. The number of hydrogen-bond donors (Lipinski definition) is 0. The van der Waals surface area contributed by atoms with Gasteiger partial charge < -0.3 is 14.4 Å². The van der Waals surface area contributed by atoms with E-state index in [4.69, 9.17) is 9.47 Å². The van der Waals surface area contributed by atoms with Crippen LogP contribution in [0.3, 0.4) is 0 Å². The molecule has 0 amide bonds. The molecule has 0 radical (unpaired) electrons. The highest BCUT2D eigenvalue weighted by Gasteiger charge is 2.47. The molecule has 7 heteroatoms. The van der Waals surface area contributed by atoms with Crippen LogP contribution in [0.4, 0.5) is 5.13 Å². The van der Waals surface area contributed by atoms with E-state index in [9.17, 15) is 0 Å². The maximum Gasteiger partial charge on any atom is 0.213 e.